The summed E-state index contributed by atoms with van der Waals surface area (Å²) in [7, 11) is -4.12. The van der Waals surface area contributed by atoms with E-state index in [4.69, 9.17) is 9.47 Å². The summed E-state index contributed by atoms with van der Waals surface area (Å²) in [4.78, 5) is 26.2. The number of amides is 2. The Labute approximate surface area is 251 Å². The Bertz CT molecular complexity index is 1730. The van der Waals surface area contributed by atoms with E-state index in [1.54, 1.807) is 72.8 Å². The third-order valence-electron chi connectivity index (χ3n) is 6.85. The first-order chi connectivity index (χ1) is 20.5. The van der Waals surface area contributed by atoms with Gasteiger partial charge in [0.25, 0.3) is 15.9 Å². The Morgan fingerprint density at radius 3 is 2.09 bits per heavy atom. The molecule has 0 bridgehead atoms. The Morgan fingerprint density at radius 1 is 0.767 bits per heavy atom. The lowest BCUT2D eigenvalue weighted by molar-refractivity contribution is -0.114. The van der Waals surface area contributed by atoms with Crippen LogP contribution in [0.25, 0.3) is 0 Å². The molecule has 5 rings (SSSR count). The predicted octanol–water partition coefficient (Wildman–Crippen LogP) is 5.84. The zero-order valence-electron chi connectivity index (χ0n) is 24.2. The van der Waals surface area contributed by atoms with Gasteiger partial charge in [-0.1, -0.05) is 57.2 Å². The lowest BCUT2D eigenvalue weighted by Crippen LogP contribution is -2.38. The van der Waals surface area contributed by atoms with Crippen LogP contribution in [0.5, 0.6) is 11.5 Å². The van der Waals surface area contributed by atoms with E-state index >= 15 is 0 Å². The van der Waals surface area contributed by atoms with E-state index in [9.17, 15) is 18.0 Å². The van der Waals surface area contributed by atoms with Gasteiger partial charge in [0.1, 0.15) is 19.8 Å². The minimum absolute atomic E-state index is 0.0281. The molecule has 4 aromatic carbocycles. The van der Waals surface area contributed by atoms with Gasteiger partial charge in [-0.05, 0) is 65.6 Å². The van der Waals surface area contributed by atoms with Gasteiger partial charge in [-0.2, -0.15) is 0 Å². The molecule has 222 valence electrons. The first-order valence-electron chi connectivity index (χ1n) is 13.8. The molecule has 0 saturated heterocycles. The van der Waals surface area contributed by atoms with Crippen LogP contribution in [-0.2, 0) is 20.2 Å². The minimum atomic E-state index is -4.12. The maximum absolute atomic E-state index is 13.7. The van der Waals surface area contributed by atoms with Crippen molar-refractivity contribution in [1.82, 2.24) is 0 Å². The summed E-state index contributed by atoms with van der Waals surface area (Å²) in [5.41, 5.74) is 2.71. The third-order valence-corrected chi connectivity index (χ3v) is 8.64. The fourth-order valence-electron chi connectivity index (χ4n) is 4.55. The number of sulfonamides is 1. The summed E-state index contributed by atoms with van der Waals surface area (Å²) in [5.74, 6) is 0.0349. The zero-order valence-corrected chi connectivity index (χ0v) is 25.0. The second kappa shape index (κ2) is 12.2. The van der Waals surface area contributed by atoms with Crippen LogP contribution in [0.2, 0.25) is 0 Å². The van der Waals surface area contributed by atoms with Crippen LogP contribution < -0.4 is 24.4 Å². The molecule has 2 N–H and O–H groups in total. The van der Waals surface area contributed by atoms with Crippen molar-refractivity contribution in [2.75, 3.05) is 34.7 Å². The van der Waals surface area contributed by atoms with Gasteiger partial charge in [-0.15, -0.1) is 0 Å². The van der Waals surface area contributed by atoms with Gasteiger partial charge in [0.05, 0.1) is 10.6 Å². The predicted molar refractivity (Wildman–Crippen MR) is 167 cm³/mol. The van der Waals surface area contributed by atoms with E-state index in [1.807, 2.05) is 12.1 Å². The van der Waals surface area contributed by atoms with Crippen molar-refractivity contribution in [2.24, 2.45) is 0 Å². The molecule has 9 nitrogen and oxygen atoms in total. The molecular weight excluding hydrogens is 566 g/mol. The van der Waals surface area contributed by atoms with Crippen molar-refractivity contribution in [3.05, 3.63) is 108 Å². The number of fused-ring (bicyclic) bond motifs is 1. The highest BCUT2D eigenvalue weighted by atomic mass is 32.2. The van der Waals surface area contributed by atoms with Gasteiger partial charge in [0, 0.05) is 23.0 Å². The van der Waals surface area contributed by atoms with Crippen LogP contribution in [0.3, 0.4) is 0 Å². The summed E-state index contributed by atoms with van der Waals surface area (Å²) in [5, 5.41) is 5.60. The average Bonchev–Trinajstić information content (AvgIpc) is 3.00. The molecule has 43 heavy (non-hydrogen) atoms. The first kappa shape index (κ1) is 29.7. The van der Waals surface area contributed by atoms with Crippen molar-refractivity contribution in [2.45, 2.75) is 31.1 Å². The van der Waals surface area contributed by atoms with E-state index < -0.39 is 22.5 Å². The van der Waals surface area contributed by atoms with Crippen LogP contribution in [0, 0.1) is 0 Å². The molecule has 0 unspecified atom stereocenters. The lowest BCUT2D eigenvalue weighted by Gasteiger charge is -2.26. The van der Waals surface area contributed by atoms with Crippen LogP contribution in [0.4, 0.5) is 17.1 Å². The molecule has 0 fully saturated rings. The summed E-state index contributed by atoms with van der Waals surface area (Å²) < 4.78 is 39.7. The van der Waals surface area contributed by atoms with Gasteiger partial charge in [0.2, 0.25) is 5.91 Å². The quantitative estimate of drug-likeness (QED) is 0.263. The molecule has 0 atom stereocenters. The summed E-state index contributed by atoms with van der Waals surface area (Å²) >= 11 is 0. The monoisotopic (exact) mass is 599 g/mol. The molecule has 0 aliphatic carbocycles. The van der Waals surface area contributed by atoms with Gasteiger partial charge < -0.3 is 20.1 Å². The van der Waals surface area contributed by atoms with Gasteiger partial charge in [-0.25, -0.2) is 8.42 Å². The number of nitrogens with zero attached hydrogens (tertiary/aromatic N) is 1. The number of benzene rings is 4. The first-order valence-corrected chi connectivity index (χ1v) is 15.2. The molecule has 1 aliphatic rings. The van der Waals surface area contributed by atoms with Crippen LogP contribution in [0.15, 0.2) is 102 Å². The fourth-order valence-corrected chi connectivity index (χ4v) is 5.99. The van der Waals surface area contributed by atoms with Crippen molar-refractivity contribution in [1.29, 1.82) is 0 Å². The third kappa shape index (κ3) is 6.98. The molecule has 0 aromatic heterocycles. The molecule has 0 radical (unpaired) electrons. The van der Waals surface area contributed by atoms with E-state index in [0.717, 1.165) is 9.87 Å². The number of carbonyl (C=O) groups is 2. The van der Waals surface area contributed by atoms with Gasteiger partial charge >= 0.3 is 0 Å². The highest BCUT2D eigenvalue weighted by molar-refractivity contribution is 7.92. The minimum Gasteiger partial charge on any atom is -0.486 e. The highest BCUT2D eigenvalue weighted by Crippen LogP contribution is 2.36. The second-order valence-corrected chi connectivity index (χ2v) is 12.9. The second-order valence-electron chi connectivity index (χ2n) is 11.1. The molecule has 0 spiro atoms. The van der Waals surface area contributed by atoms with E-state index in [0.29, 0.717) is 41.7 Å². The van der Waals surface area contributed by atoms with Gasteiger partial charge in [0.15, 0.2) is 11.5 Å². The molecule has 4 aromatic rings. The van der Waals surface area contributed by atoms with Crippen molar-refractivity contribution in [3.8, 4) is 11.5 Å². The highest BCUT2D eigenvalue weighted by Gasteiger charge is 2.28. The van der Waals surface area contributed by atoms with E-state index in [2.05, 4.69) is 31.4 Å². The zero-order chi connectivity index (χ0) is 30.6. The Morgan fingerprint density at radius 2 is 1.42 bits per heavy atom. The number of ether oxygens (including phenoxy) is 2. The molecule has 2 amide bonds. The maximum Gasteiger partial charge on any atom is 0.264 e. The summed E-state index contributed by atoms with van der Waals surface area (Å²) in [6.07, 6.45) is 0. The van der Waals surface area contributed by atoms with E-state index in [1.165, 1.54) is 12.1 Å². The topological polar surface area (TPSA) is 114 Å². The van der Waals surface area contributed by atoms with Crippen LogP contribution in [0.1, 0.15) is 36.7 Å². The number of nitrogens with one attached hydrogen (secondary N) is 2. The molecule has 1 heterocycles. The molecule has 0 saturated carbocycles. The lowest BCUT2D eigenvalue weighted by atomic mass is 9.87. The molecule has 1 aliphatic heterocycles. The normalized spacial score (nSPS) is 12.7. The van der Waals surface area contributed by atoms with Crippen LogP contribution >= 0.6 is 0 Å². The van der Waals surface area contributed by atoms with Crippen molar-refractivity contribution >= 4 is 38.9 Å². The Balaban J connectivity index is 1.33. The number of anilines is 3. The number of hydrogen-bond donors (Lipinski definition) is 2. The smallest absolute Gasteiger partial charge is 0.264 e. The maximum atomic E-state index is 13.7. The number of rotatable bonds is 8. The Kier molecular flexibility index (Phi) is 8.40. The Hall–Kier alpha value is -4.83. The summed E-state index contributed by atoms with van der Waals surface area (Å²) in [6, 6.07) is 26.7. The molecule has 10 heteroatoms. The molecular formula is C33H33N3O6S. The van der Waals surface area contributed by atoms with Crippen molar-refractivity contribution < 1.29 is 27.5 Å². The average molecular weight is 600 g/mol. The van der Waals surface area contributed by atoms with E-state index in [-0.39, 0.29) is 21.9 Å². The SMILES string of the molecule is CC(C)(C)c1ccc(C(=O)Nc2cccc(NC(=O)CN(c3ccc4c(c3)OCCO4)S(=O)(=O)c3ccccc3)c2)cc1. The summed E-state index contributed by atoms with van der Waals surface area (Å²) in [6.45, 7) is 6.53. The van der Waals surface area contributed by atoms with Crippen molar-refractivity contribution in [3.63, 3.8) is 0 Å². The van der Waals surface area contributed by atoms with Gasteiger partial charge in [-0.3, -0.25) is 13.9 Å². The number of hydrogen-bond acceptors (Lipinski definition) is 6. The largest absolute Gasteiger partial charge is 0.486 e. The number of carbonyl (C=O) groups excluding carboxylic acids is 2. The standard InChI is InChI=1S/C33H33N3O6S/c1-33(2,3)24-14-12-23(13-15-24)32(38)35-26-9-7-8-25(20-26)34-31(37)22-36(43(39,40)28-10-5-4-6-11-28)27-16-17-29-30(21-27)42-19-18-41-29/h4-17,20-21H,18-19,22H2,1-3H3,(H,34,37)(H,35,38). The van der Waals surface area contributed by atoms with Crippen LogP contribution in [-0.4, -0.2) is 40.0 Å². The fraction of sp³-hybridized carbons (Fsp3) is 0.212.